The van der Waals surface area contributed by atoms with E-state index in [-0.39, 0.29) is 27.8 Å². The molecule has 0 fully saturated rings. The van der Waals surface area contributed by atoms with E-state index < -0.39 is 18.0 Å². The Morgan fingerprint density at radius 2 is 1.83 bits per heavy atom. The number of tetrazole rings is 1. The van der Waals surface area contributed by atoms with E-state index in [1.807, 2.05) is 0 Å². The Morgan fingerprint density at radius 1 is 1.21 bits per heavy atom. The van der Waals surface area contributed by atoms with E-state index in [0.717, 1.165) is 20.3 Å². The average Bonchev–Trinajstić information content (AvgIpc) is 3.02. The Balaban J connectivity index is 2.84. The summed E-state index contributed by atoms with van der Waals surface area (Å²) in [6.45, 7) is 0. The predicted octanol–water partition coefficient (Wildman–Crippen LogP) is 2.14. The summed E-state index contributed by atoms with van der Waals surface area (Å²) in [5.41, 5.74) is -0.602. The number of esters is 1. The van der Waals surface area contributed by atoms with Crippen LogP contribution in [-0.4, -0.2) is 47.5 Å². The Labute approximate surface area is 138 Å². The number of rotatable bonds is 4. The predicted molar refractivity (Wildman–Crippen MR) is 73.6 cm³/mol. The minimum Gasteiger partial charge on any atom is -0.494 e. The summed E-state index contributed by atoms with van der Waals surface area (Å²) in [7, 11) is 3.46. The zero-order valence-electron chi connectivity index (χ0n) is 12.5. The van der Waals surface area contributed by atoms with Crippen molar-refractivity contribution in [2.45, 2.75) is 6.18 Å². The fourth-order valence-electron chi connectivity index (χ4n) is 1.98. The number of hydrogen-bond donors (Lipinski definition) is 0. The van der Waals surface area contributed by atoms with Crippen molar-refractivity contribution in [1.29, 1.82) is 0 Å². The number of carbonyl (C=O) groups excluding carboxylic acids is 1. The molecule has 0 aliphatic heterocycles. The van der Waals surface area contributed by atoms with Crippen LogP contribution in [0.1, 0.15) is 16.2 Å². The molecule has 0 spiro atoms. The van der Waals surface area contributed by atoms with Crippen LogP contribution in [0.25, 0.3) is 5.69 Å². The van der Waals surface area contributed by atoms with E-state index in [2.05, 4.69) is 20.3 Å². The first kappa shape index (κ1) is 17.8. The largest absolute Gasteiger partial charge is 0.494 e. The summed E-state index contributed by atoms with van der Waals surface area (Å²) >= 11 is 6.00. The van der Waals surface area contributed by atoms with E-state index >= 15 is 0 Å². The first-order valence-corrected chi connectivity index (χ1v) is 6.52. The molecule has 0 saturated heterocycles. The third-order valence-corrected chi connectivity index (χ3v) is 3.20. The maximum absolute atomic E-state index is 13.0. The lowest BCUT2D eigenvalue weighted by Gasteiger charge is -2.17. The number of aromatic nitrogens is 4. The van der Waals surface area contributed by atoms with Crippen molar-refractivity contribution >= 4 is 17.6 Å². The summed E-state index contributed by atoms with van der Waals surface area (Å²) in [6.07, 6.45) is -4.84. The third kappa shape index (κ3) is 2.94. The highest BCUT2D eigenvalue weighted by Gasteiger charge is 2.40. The molecule has 0 aliphatic rings. The Morgan fingerprint density at radius 3 is 2.33 bits per heavy atom. The van der Waals surface area contributed by atoms with Crippen LogP contribution < -0.4 is 9.47 Å². The Bertz CT molecular complexity index is 778. The highest BCUT2D eigenvalue weighted by molar-refractivity contribution is 6.33. The molecule has 0 saturated carbocycles. The second kappa shape index (κ2) is 6.51. The van der Waals surface area contributed by atoms with Crippen molar-refractivity contribution in [3.63, 3.8) is 0 Å². The van der Waals surface area contributed by atoms with Crippen LogP contribution in [0.4, 0.5) is 13.2 Å². The standard InChI is InChI=1S/C12H10ClF3N4O4/c1-22-8-5(13)4-6(9(23-2)7(8)10(21)24-3)20-11(12(14,15)16)17-18-19-20/h4H,1-3H3. The highest BCUT2D eigenvalue weighted by atomic mass is 35.5. The quantitative estimate of drug-likeness (QED) is 0.766. The van der Waals surface area contributed by atoms with Gasteiger partial charge in [-0.05, 0) is 16.5 Å². The molecule has 130 valence electrons. The van der Waals surface area contributed by atoms with Gasteiger partial charge in [0.1, 0.15) is 11.3 Å². The number of benzene rings is 1. The lowest BCUT2D eigenvalue weighted by atomic mass is 10.1. The van der Waals surface area contributed by atoms with Gasteiger partial charge >= 0.3 is 12.1 Å². The van der Waals surface area contributed by atoms with Crippen LogP contribution in [0.2, 0.25) is 5.02 Å². The first-order chi connectivity index (χ1) is 11.3. The van der Waals surface area contributed by atoms with E-state index in [4.69, 9.17) is 21.1 Å². The molecule has 24 heavy (non-hydrogen) atoms. The zero-order valence-corrected chi connectivity index (χ0v) is 13.3. The van der Waals surface area contributed by atoms with Crippen LogP contribution >= 0.6 is 11.6 Å². The van der Waals surface area contributed by atoms with Crippen molar-refractivity contribution in [3.05, 3.63) is 22.5 Å². The van der Waals surface area contributed by atoms with Crippen molar-refractivity contribution in [2.75, 3.05) is 21.3 Å². The van der Waals surface area contributed by atoms with Crippen molar-refractivity contribution < 1.29 is 32.2 Å². The van der Waals surface area contributed by atoms with Crippen LogP contribution in [0.15, 0.2) is 6.07 Å². The highest BCUT2D eigenvalue weighted by Crippen LogP contribution is 2.41. The lowest BCUT2D eigenvalue weighted by Crippen LogP contribution is -2.17. The summed E-state index contributed by atoms with van der Waals surface area (Å²) in [4.78, 5) is 12.0. The second-order valence-corrected chi connectivity index (χ2v) is 4.63. The summed E-state index contributed by atoms with van der Waals surface area (Å²) in [5.74, 6) is -2.75. The van der Waals surface area contributed by atoms with Gasteiger partial charge in [0.15, 0.2) is 11.5 Å². The molecule has 0 aliphatic carbocycles. The van der Waals surface area contributed by atoms with Crippen LogP contribution in [0.5, 0.6) is 11.5 Å². The van der Waals surface area contributed by atoms with Gasteiger partial charge in [0.25, 0.3) is 5.82 Å². The van der Waals surface area contributed by atoms with E-state index in [1.54, 1.807) is 0 Å². The number of alkyl halides is 3. The summed E-state index contributed by atoms with van der Waals surface area (Å²) in [6, 6.07) is 1.08. The van der Waals surface area contributed by atoms with Gasteiger partial charge < -0.3 is 14.2 Å². The topological polar surface area (TPSA) is 88.4 Å². The molecule has 1 aromatic carbocycles. The van der Waals surface area contributed by atoms with Crippen LogP contribution in [-0.2, 0) is 10.9 Å². The molecule has 1 heterocycles. The molecule has 2 rings (SSSR count). The Hall–Kier alpha value is -2.56. The van der Waals surface area contributed by atoms with Gasteiger partial charge in [-0.15, -0.1) is 5.10 Å². The Kier molecular flexibility index (Phi) is 4.83. The molecule has 12 heteroatoms. The van der Waals surface area contributed by atoms with Gasteiger partial charge in [0.2, 0.25) is 0 Å². The molecule has 0 unspecified atom stereocenters. The molecule has 0 atom stereocenters. The normalized spacial score (nSPS) is 11.3. The summed E-state index contributed by atoms with van der Waals surface area (Å²) < 4.78 is 54.1. The third-order valence-electron chi connectivity index (χ3n) is 2.92. The lowest BCUT2D eigenvalue weighted by molar-refractivity contribution is -0.146. The van der Waals surface area contributed by atoms with Gasteiger partial charge in [0.05, 0.1) is 26.4 Å². The number of hydrogen-bond acceptors (Lipinski definition) is 7. The molecule has 0 bridgehead atoms. The molecular weight excluding hydrogens is 357 g/mol. The molecular formula is C12H10ClF3N4O4. The maximum atomic E-state index is 13.0. The fourth-order valence-corrected chi connectivity index (χ4v) is 2.25. The number of carbonyl (C=O) groups is 1. The van der Waals surface area contributed by atoms with Crippen molar-refractivity contribution in [3.8, 4) is 17.2 Å². The fraction of sp³-hybridized carbons (Fsp3) is 0.333. The first-order valence-electron chi connectivity index (χ1n) is 6.15. The monoisotopic (exact) mass is 366 g/mol. The van der Waals surface area contributed by atoms with Gasteiger partial charge in [-0.3, -0.25) is 0 Å². The summed E-state index contributed by atoms with van der Waals surface area (Å²) in [5, 5.41) is 9.07. The molecule has 1 aromatic heterocycles. The smallest absolute Gasteiger partial charge is 0.453 e. The maximum Gasteiger partial charge on any atom is 0.453 e. The van der Waals surface area contributed by atoms with Crippen molar-refractivity contribution in [2.24, 2.45) is 0 Å². The SMILES string of the molecule is COC(=O)c1c(OC)c(Cl)cc(-n2nnnc2C(F)(F)F)c1OC. The average molecular weight is 367 g/mol. The van der Waals surface area contributed by atoms with Gasteiger partial charge in [-0.25, -0.2) is 4.79 Å². The minimum atomic E-state index is -4.84. The molecule has 0 amide bonds. The number of ether oxygens (including phenoxy) is 3. The van der Waals surface area contributed by atoms with E-state index in [1.165, 1.54) is 7.11 Å². The van der Waals surface area contributed by atoms with Crippen LogP contribution in [0, 0.1) is 0 Å². The molecule has 0 N–H and O–H groups in total. The number of methoxy groups -OCH3 is 3. The number of halogens is 4. The van der Waals surface area contributed by atoms with Gasteiger partial charge in [-0.2, -0.15) is 17.9 Å². The van der Waals surface area contributed by atoms with Crippen molar-refractivity contribution in [1.82, 2.24) is 20.2 Å². The van der Waals surface area contributed by atoms with Gasteiger partial charge in [0, 0.05) is 0 Å². The number of nitrogens with zero attached hydrogens (tertiary/aromatic N) is 4. The molecule has 8 nitrogen and oxygen atoms in total. The molecule has 0 radical (unpaired) electrons. The second-order valence-electron chi connectivity index (χ2n) is 4.22. The van der Waals surface area contributed by atoms with Crippen LogP contribution in [0.3, 0.4) is 0 Å². The van der Waals surface area contributed by atoms with E-state index in [0.29, 0.717) is 4.68 Å². The zero-order chi connectivity index (χ0) is 18.1. The molecule has 2 aromatic rings. The minimum absolute atomic E-state index is 0.120. The van der Waals surface area contributed by atoms with E-state index in [9.17, 15) is 18.0 Å². The van der Waals surface area contributed by atoms with Gasteiger partial charge in [-0.1, -0.05) is 11.6 Å².